The van der Waals surface area contributed by atoms with Crippen molar-refractivity contribution in [2.45, 2.75) is 292 Å². The van der Waals surface area contributed by atoms with Crippen LogP contribution in [0.3, 0.4) is 0 Å². The molecule has 0 aromatic carbocycles. The molecule has 59 heavy (non-hydrogen) atoms. The van der Waals surface area contributed by atoms with Gasteiger partial charge in [-0.1, -0.05) is 247 Å². The lowest BCUT2D eigenvalue weighted by Gasteiger charge is -2.18. The van der Waals surface area contributed by atoms with Gasteiger partial charge in [-0.3, -0.25) is 14.4 Å². The maximum atomic E-state index is 12.8. The molecular weight excluding hydrogens is 733 g/mol. The van der Waals surface area contributed by atoms with E-state index in [0.717, 1.165) is 75.5 Å². The number of hydrogen-bond donors (Lipinski definition) is 0. The van der Waals surface area contributed by atoms with E-state index >= 15 is 0 Å². The van der Waals surface area contributed by atoms with E-state index in [9.17, 15) is 14.4 Å². The Morgan fingerprint density at radius 1 is 0.288 bits per heavy atom. The minimum absolute atomic E-state index is 0.0648. The standard InChI is InChI=1S/C53H102O6/c1-47(2)39-33-27-21-15-10-8-7-9-11-18-24-30-36-42-51(54)57-45-50(59-53(56)44-38-32-26-20-14-17-23-29-35-41-49(5)6)46-58-52(55)43-37-31-25-19-13-12-16-22-28-34-40-48(3)4/h47-50H,7-46H2,1-6H3/t50-/m1/s1. The van der Waals surface area contributed by atoms with Crippen LogP contribution in [0, 0.1) is 17.8 Å². The smallest absolute Gasteiger partial charge is 0.306 e. The Balaban J connectivity index is 4.31. The number of carbonyl (C=O) groups excluding carboxylic acids is 3. The average molecular weight is 835 g/mol. The Labute approximate surface area is 368 Å². The Morgan fingerprint density at radius 3 is 0.729 bits per heavy atom. The molecule has 0 saturated carbocycles. The van der Waals surface area contributed by atoms with E-state index in [4.69, 9.17) is 14.2 Å². The summed E-state index contributed by atoms with van der Waals surface area (Å²) >= 11 is 0. The van der Waals surface area contributed by atoms with E-state index in [1.54, 1.807) is 0 Å². The molecule has 0 heterocycles. The molecular formula is C53H102O6. The molecule has 0 fully saturated rings. The molecule has 0 aromatic rings. The Hall–Kier alpha value is -1.59. The molecule has 0 saturated heterocycles. The summed E-state index contributed by atoms with van der Waals surface area (Å²) < 4.78 is 16.8. The third-order valence-corrected chi connectivity index (χ3v) is 11.9. The first-order valence-corrected chi connectivity index (χ1v) is 26.1. The van der Waals surface area contributed by atoms with Gasteiger partial charge in [-0.25, -0.2) is 0 Å². The zero-order chi connectivity index (χ0) is 43.4. The monoisotopic (exact) mass is 835 g/mol. The Morgan fingerprint density at radius 2 is 0.492 bits per heavy atom. The Bertz CT molecular complexity index is 914. The maximum Gasteiger partial charge on any atom is 0.306 e. The van der Waals surface area contributed by atoms with Crippen molar-refractivity contribution in [3.63, 3.8) is 0 Å². The lowest BCUT2D eigenvalue weighted by atomic mass is 10.0. The minimum Gasteiger partial charge on any atom is -0.462 e. The van der Waals surface area contributed by atoms with E-state index in [-0.39, 0.29) is 31.1 Å². The first-order valence-electron chi connectivity index (χ1n) is 26.1. The van der Waals surface area contributed by atoms with Crippen molar-refractivity contribution in [3.05, 3.63) is 0 Å². The van der Waals surface area contributed by atoms with Gasteiger partial charge in [0.25, 0.3) is 0 Å². The molecule has 6 heteroatoms. The lowest BCUT2D eigenvalue weighted by molar-refractivity contribution is -0.167. The topological polar surface area (TPSA) is 78.9 Å². The van der Waals surface area contributed by atoms with Gasteiger partial charge < -0.3 is 14.2 Å². The zero-order valence-corrected chi connectivity index (χ0v) is 40.5. The van der Waals surface area contributed by atoms with Crippen molar-refractivity contribution in [3.8, 4) is 0 Å². The molecule has 0 aromatic heterocycles. The maximum absolute atomic E-state index is 12.8. The van der Waals surface area contributed by atoms with Gasteiger partial charge in [-0.15, -0.1) is 0 Å². The lowest BCUT2D eigenvalue weighted by Crippen LogP contribution is -2.30. The minimum atomic E-state index is -0.763. The van der Waals surface area contributed by atoms with Crippen LogP contribution in [0.2, 0.25) is 0 Å². The van der Waals surface area contributed by atoms with Crippen molar-refractivity contribution >= 4 is 17.9 Å². The van der Waals surface area contributed by atoms with Gasteiger partial charge in [0.1, 0.15) is 13.2 Å². The summed E-state index contributed by atoms with van der Waals surface area (Å²) in [5.74, 6) is 1.61. The average Bonchev–Trinajstić information content (AvgIpc) is 3.19. The van der Waals surface area contributed by atoms with Gasteiger partial charge in [0.2, 0.25) is 0 Å². The number of hydrogen-bond acceptors (Lipinski definition) is 6. The van der Waals surface area contributed by atoms with Crippen LogP contribution < -0.4 is 0 Å². The highest BCUT2D eigenvalue weighted by Gasteiger charge is 2.19. The van der Waals surface area contributed by atoms with Crippen molar-refractivity contribution in [1.82, 2.24) is 0 Å². The van der Waals surface area contributed by atoms with E-state index in [2.05, 4.69) is 41.5 Å². The fraction of sp³-hybridized carbons (Fsp3) is 0.943. The molecule has 0 aliphatic carbocycles. The second-order valence-corrected chi connectivity index (χ2v) is 19.6. The van der Waals surface area contributed by atoms with Crippen LogP contribution in [-0.4, -0.2) is 37.2 Å². The summed E-state index contributed by atoms with van der Waals surface area (Å²) in [6, 6.07) is 0. The molecule has 0 spiro atoms. The van der Waals surface area contributed by atoms with E-state index in [0.29, 0.717) is 19.3 Å². The molecule has 0 radical (unpaired) electrons. The first kappa shape index (κ1) is 57.4. The van der Waals surface area contributed by atoms with Crippen LogP contribution in [0.15, 0.2) is 0 Å². The molecule has 6 nitrogen and oxygen atoms in total. The van der Waals surface area contributed by atoms with Crippen molar-refractivity contribution in [2.24, 2.45) is 17.8 Å². The number of carbonyl (C=O) groups is 3. The number of rotatable bonds is 46. The van der Waals surface area contributed by atoms with Gasteiger partial charge in [0, 0.05) is 19.3 Å². The largest absolute Gasteiger partial charge is 0.462 e. The van der Waals surface area contributed by atoms with Gasteiger partial charge >= 0.3 is 17.9 Å². The SMILES string of the molecule is CC(C)CCCCCCCCCCCCCCCC(=O)OC[C@H](COC(=O)CCCCCCCCCCCCC(C)C)OC(=O)CCCCCCCCCCCC(C)C. The quantitative estimate of drug-likeness (QED) is 0.0345. The van der Waals surface area contributed by atoms with Crippen LogP contribution >= 0.6 is 0 Å². The Kier molecular flexibility index (Phi) is 43.3. The molecule has 0 bridgehead atoms. The zero-order valence-electron chi connectivity index (χ0n) is 40.5. The number of unbranched alkanes of at least 4 members (excludes halogenated alkanes) is 29. The first-order chi connectivity index (χ1) is 28.6. The van der Waals surface area contributed by atoms with E-state index in [1.165, 1.54) is 167 Å². The number of ether oxygens (including phenoxy) is 3. The summed E-state index contributed by atoms with van der Waals surface area (Å²) in [5, 5.41) is 0. The molecule has 1 atom stereocenters. The highest BCUT2D eigenvalue weighted by atomic mass is 16.6. The number of esters is 3. The fourth-order valence-corrected chi connectivity index (χ4v) is 7.94. The second-order valence-electron chi connectivity index (χ2n) is 19.6. The predicted octanol–water partition coefficient (Wildman–Crippen LogP) is 16.8. The summed E-state index contributed by atoms with van der Waals surface area (Å²) in [5.41, 5.74) is 0. The summed E-state index contributed by atoms with van der Waals surface area (Å²) in [6.07, 6.45) is 43.8. The molecule has 0 unspecified atom stereocenters. The summed E-state index contributed by atoms with van der Waals surface area (Å²) in [7, 11) is 0. The van der Waals surface area contributed by atoms with Crippen LogP contribution in [-0.2, 0) is 28.6 Å². The highest BCUT2D eigenvalue weighted by molar-refractivity contribution is 5.71. The van der Waals surface area contributed by atoms with Gasteiger partial charge in [-0.2, -0.15) is 0 Å². The molecule has 0 N–H and O–H groups in total. The third-order valence-electron chi connectivity index (χ3n) is 11.9. The van der Waals surface area contributed by atoms with Crippen LogP contribution in [0.25, 0.3) is 0 Å². The van der Waals surface area contributed by atoms with Gasteiger partial charge in [-0.05, 0) is 37.0 Å². The fourth-order valence-electron chi connectivity index (χ4n) is 7.94. The molecule has 0 aliphatic heterocycles. The predicted molar refractivity (Wildman–Crippen MR) is 252 cm³/mol. The molecule has 350 valence electrons. The second kappa shape index (κ2) is 44.5. The summed E-state index contributed by atoms with van der Waals surface area (Å²) in [6.45, 7) is 13.7. The van der Waals surface area contributed by atoms with Crippen LogP contribution in [0.4, 0.5) is 0 Å². The highest BCUT2D eigenvalue weighted by Crippen LogP contribution is 2.18. The van der Waals surface area contributed by atoms with Gasteiger partial charge in [0.05, 0.1) is 0 Å². The van der Waals surface area contributed by atoms with E-state index in [1.807, 2.05) is 0 Å². The van der Waals surface area contributed by atoms with Crippen molar-refractivity contribution in [2.75, 3.05) is 13.2 Å². The molecule has 0 amide bonds. The molecule has 0 rings (SSSR count). The van der Waals surface area contributed by atoms with Crippen LogP contribution in [0.5, 0.6) is 0 Å². The van der Waals surface area contributed by atoms with Crippen molar-refractivity contribution in [1.29, 1.82) is 0 Å². The van der Waals surface area contributed by atoms with Crippen molar-refractivity contribution < 1.29 is 28.6 Å². The normalized spacial score (nSPS) is 12.2. The van der Waals surface area contributed by atoms with E-state index < -0.39 is 6.10 Å². The third kappa shape index (κ3) is 47.3. The van der Waals surface area contributed by atoms with Crippen LogP contribution in [0.1, 0.15) is 286 Å². The summed E-state index contributed by atoms with van der Waals surface area (Å²) in [4.78, 5) is 37.9. The van der Waals surface area contributed by atoms with Gasteiger partial charge in [0.15, 0.2) is 6.10 Å². The molecule has 0 aliphatic rings.